The molecule has 1 unspecified atom stereocenters. The summed E-state index contributed by atoms with van der Waals surface area (Å²) in [5.41, 5.74) is 0. The van der Waals surface area contributed by atoms with Crippen molar-refractivity contribution >= 4 is 7.82 Å². The molecule has 1 aromatic heterocycles. The number of likely N-dealkylation sites (N-methyl/N-ethyl adjacent to an activating group) is 1. The lowest BCUT2D eigenvalue weighted by molar-refractivity contribution is -0.870. The number of aliphatic hydroxyl groups excluding tert-OH is 1. The minimum Gasteiger partial charge on any atom is -0.756 e. The SMILES string of the molecule is C[N+](C)(C)CCOP(=O)([O-])OC[C@H](O)COCCCCCCn1cccc1. The van der Waals surface area contributed by atoms with Crippen LogP contribution in [0.25, 0.3) is 0 Å². The number of phosphoric acid groups is 1. The van der Waals surface area contributed by atoms with Gasteiger partial charge in [-0.05, 0) is 25.0 Å². The van der Waals surface area contributed by atoms with E-state index in [4.69, 9.17) is 13.8 Å². The van der Waals surface area contributed by atoms with Crippen molar-refractivity contribution in [3.05, 3.63) is 24.5 Å². The summed E-state index contributed by atoms with van der Waals surface area (Å²) in [5, 5.41) is 9.74. The van der Waals surface area contributed by atoms with E-state index < -0.39 is 13.9 Å². The summed E-state index contributed by atoms with van der Waals surface area (Å²) in [5.74, 6) is 0. The second kappa shape index (κ2) is 12.7. The Morgan fingerprint density at radius 3 is 2.37 bits per heavy atom. The van der Waals surface area contributed by atoms with Crippen LogP contribution in [0.2, 0.25) is 0 Å². The fourth-order valence-electron chi connectivity index (χ4n) is 2.28. The van der Waals surface area contributed by atoms with Crippen LogP contribution in [0, 0.1) is 0 Å². The Kier molecular flexibility index (Phi) is 11.4. The fraction of sp³-hybridized carbons (Fsp3) is 0.778. The molecule has 1 N–H and O–H groups in total. The van der Waals surface area contributed by atoms with Gasteiger partial charge in [-0.3, -0.25) is 4.57 Å². The number of aliphatic hydroxyl groups is 1. The zero-order valence-electron chi connectivity index (χ0n) is 16.8. The van der Waals surface area contributed by atoms with Gasteiger partial charge >= 0.3 is 0 Å². The van der Waals surface area contributed by atoms with Gasteiger partial charge in [-0.15, -0.1) is 0 Å². The van der Waals surface area contributed by atoms with Gasteiger partial charge in [0.25, 0.3) is 7.82 Å². The lowest BCUT2D eigenvalue weighted by Crippen LogP contribution is -2.37. The summed E-state index contributed by atoms with van der Waals surface area (Å²) in [4.78, 5) is 11.6. The van der Waals surface area contributed by atoms with Crippen molar-refractivity contribution < 1.29 is 32.8 Å². The lowest BCUT2D eigenvalue weighted by atomic mass is 10.2. The largest absolute Gasteiger partial charge is 0.756 e. The normalized spacial score (nSPS) is 15.6. The second-order valence-electron chi connectivity index (χ2n) is 7.65. The zero-order chi connectivity index (χ0) is 20.2. The first-order chi connectivity index (χ1) is 12.7. The van der Waals surface area contributed by atoms with Crippen molar-refractivity contribution in [3.8, 4) is 0 Å². The van der Waals surface area contributed by atoms with E-state index in [1.165, 1.54) is 0 Å². The molecule has 9 heteroatoms. The highest BCUT2D eigenvalue weighted by Gasteiger charge is 2.15. The highest BCUT2D eigenvalue weighted by molar-refractivity contribution is 7.45. The number of aromatic nitrogens is 1. The van der Waals surface area contributed by atoms with E-state index >= 15 is 0 Å². The van der Waals surface area contributed by atoms with Crippen molar-refractivity contribution in [2.45, 2.75) is 38.3 Å². The third-order valence-electron chi connectivity index (χ3n) is 3.87. The van der Waals surface area contributed by atoms with Crippen LogP contribution >= 0.6 is 7.82 Å². The molecule has 0 radical (unpaired) electrons. The molecule has 0 spiro atoms. The third kappa shape index (κ3) is 14.0. The molecule has 8 nitrogen and oxygen atoms in total. The molecule has 0 fully saturated rings. The summed E-state index contributed by atoms with van der Waals surface area (Å²) in [6.45, 7) is 1.82. The van der Waals surface area contributed by atoms with Crippen molar-refractivity contribution in [2.75, 3.05) is 54.1 Å². The van der Waals surface area contributed by atoms with Crippen LogP contribution in [-0.2, 0) is 24.9 Å². The van der Waals surface area contributed by atoms with E-state index in [0.717, 1.165) is 32.2 Å². The molecule has 0 aliphatic rings. The second-order valence-corrected chi connectivity index (χ2v) is 9.06. The van der Waals surface area contributed by atoms with Crippen molar-refractivity contribution in [1.29, 1.82) is 0 Å². The number of quaternary nitrogens is 1. The van der Waals surface area contributed by atoms with Crippen molar-refractivity contribution in [2.24, 2.45) is 0 Å². The van der Waals surface area contributed by atoms with Crippen molar-refractivity contribution in [1.82, 2.24) is 4.57 Å². The van der Waals surface area contributed by atoms with E-state index in [1.54, 1.807) is 0 Å². The molecule has 0 aliphatic heterocycles. The predicted molar refractivity (Wildman–Crippen MR) is 102 cm³/mol. The maximum absolute atomic E-state index is 11.6. The maximum Gasteiger partial charge on any atom is 0.268 e. The Balaban J connectivity index is 1.96. The molecule has 2 atom stereocenters. The van der Waals surface area contributed by atoms with Gasteiger partial charge < -0.3 is 32.8 Å². The maximum atomic E-state index is 11.6. The first-order valence-electron chi connectivity index (χ1n) is 9.45. The number of hydrogen-bond acceptors (Lipinski definition) is 6. The van der Waals surface area contributed by atoms with Gasteiger partial charge in [0.2, 0.25) is 0 Å². The van der Waals surface area contributed by atoms with Gasteiger partial charge in [-0.25, -0.2) is 0 Å². The minimum atomic E-state index is -4.39. The molecule has 0 amide bonds. The van der Waals surface area contributed by atoms with Gasteiger partial charge in [0.05, 0.1) is 34.4 Å². The molecule has 1 aromatic rings. The lowest BCUT2D eigenvalue weighted by Gasteiger charge is -2.27. The molecule has 27 heavy (non-hydrogen) atoms. The number of ether oxygens (including phenoxy) is 1. The molecule has 0 bridgehead atoms. The van der Waals surface area contributed by atoms with Crippen LogP contribution in [0.1, 0.15) is 25.7 Å². The topological polar surface area (TPSA) is 93.0 Å². The van der Waals surface area contributed by atoms with E-state index in [9.17, 15) is 14.6 Å². The van der Waals surface area contributed by atoms with Gasteiger partial charge in [-0.2, -0.15) is 0 Å². The average Bonchev–Trinajstić information content (AvgIpc) is 3.07. The molecule has 0 saturated carbocycles. The van der Waals surface area contributed by atoms with E-state index in [0.29, 0.717) is 17.6 Å². The van der Waals surface area contributed by atoms with E-state index in [2.05, 4.69) is 17.0 Å². The first-order valence-corrected chi connectivity index (χ1v) is 10.9. The number of unbranched alkanes of at least 4 members (excludes halogenated alkanes) is 3. The molecule has 0 saturated heterocycles. The van der Waals surface area contributed by atoms with Crippen LogP contribution in [0.5, 0.6) is 0 Å². The molecule has 1 rings (SSSR count). The Labute approximate surface area is 162 Å². The standard InChI is InChI=1S/C18H35N2O6P/c1-20(2,3)13-15-25-27(22,23)26-17-18(21)16-24-14-9-5-4-6-10-19-11-7-8-12-19/h7-8,11-12,18,21H,4-6,9-10,13-17H2,1-3H3/t18-/m1/s1. The van der Waals surface area contributed by atoms with Gasteiger partial charge in [0.1, 0.15) is 19.3 Å². The summed E-state index contributed by atoms with van der Waals surface area (Å²) < 4.78 is 29.2. The number of phosphoric ester groups is 1. The van der Waals surface area contributed by atoms with E-state index in [-0.39, 0.29) is 19.8 Å². The zero-order valence-corrected chi connectivity index (χ0v) is 17.7. The van der Waals surface area contributed by atoms with Crippen LogP contribution in [0.4, 0.5) is 0 Å². The van der Waals surface area contributed by atoms with Crippen LogP contribution in [0.3, 0.4) is 0 Å². The molecule has 0 aromatic carbocycles. The highest BCUT2D eigenvalue weighted by Crippen LogP contribution is 2.38. The summed E-state index contributed by atoms with van der Waals surface area (Å²) in [7, 11) is 1.41. The van der Waals surface area contributed by atoms with Gasteiger partial charge in [0, 0.05) is 25.5 Å². The molecular formula is C18H35N2O6P. The fourth-order valence-corrected chi connectivity index (χ4v) is 3.01. The number of rotatable bonds is 16. The minimum absolute atomic E-state index is 0.0429. The van der Waals surface area contributed by atoms with E-state index in [1.807, 2.05) is 33.3 Å². The predicted octanol–water partition coefficient (Wildman–Crippen LogP) is 1.63. The number of hydrogen-bond donors (Lipinski definition) is 1. The van der Waals surface area contributed by atoms with Gasteiger partial charge in [0.15, 0.2) is 0 Å². The first kappa shape index (κ1) is 24.3. The van der Waals surface area contributed by atoms with Gasteiger partial charge in [-0.1, -0.05) is 12.8 Å². The van der Waals surface area contributed by atoms with Crippen LogP contribution < -0.4 is 4.89 Å². The van der Waals surface area contributed by atoms with Crippen molar-refractivity contribution in [3.63, 3.8) is 0 Å². The summed E-state index contributed by atoms with van der Waals surface area (Å²) in [6, 6.07) is 4.04. The Morgan fingerprint density at radius 2 is 1.70 bits per heavy atom. The Hall–Kier alpha value is -0.730. The average molecular weight is 406 g/mol. The third-order valence-corrected chi connectivity index (χ3v) is 4.83. The molecular weight excluding hydrogens is 371 g/mol. The van der Waals surface area contributed by atoms with Crippen LogP contribution in [0.15, 0.2) is 24.5 Å². The number of aryl methyl sites for hydroxylation is 1. The molecule has 0 aliphatic carbocycles. The molecule has 1 heterocycles. The monoisotopic (exact) mass is 406 g/mol. The molecule has 158 valence electrons. The Bertz CT molecular complexity index is 532. The summed E-state index contributed by atoms with van der Waals surface area (Å²) in [6.07, 6.45) is 7.33. The quantitative estimate of drug-likeness (QED) is 0.255. The Morgan fingerprint density at radius 1 is 1.04 bits per heavy atom. The highest BCUT2D eigenvalue weighted by atomic mass is 31.2. The number of nitrogens with zero attached hydrogens (tertiary/aromatic N) is 2. The van der Waals surface area contributed by atoms with Crippen LogP contribution in [-0.4, -0.2) is 74.4 Å². The smallest absolute Gasteiger partial charge is 0.268 e. The summed E-state index contributed by atoms with van der Waals surface area (Å²) >= 11 is 0.